The van der Waals surface area contributed by atoms with Crippen LogP contribution in [0.4, 0.5) is 0 Å². The van der Waals surface area contributed by atoms with E-state index in [1.807, 2.05) is 24.3 Å². The fraction of sp³-hybridized carbons (Fsp3) is 0.533. The van der Waals surface area contributed by atoms with Crippen LogP contribution in [0, 0.1) is 0 Å². The zero-order valence-electron chi connectivity index (χ0n) is 11.7. The van der Waals surface area contributed by atoms with Crippen LogP contribution in [0.3, 0.4) is 0 Å². The molecule has 0 bridgehead atoms. The predicted molar refractivity (Wildman–Crippen MR) is 75.1 cm³/mol. The summed E-state index contributed by atoms with van der Waals surface area (Å²) >= 11 is 0. The minimum atomic E-state index is -0.278. The van der Waals surface area contributed by atoms with Crippen LogP contribution < -0.4 is 5.32 Å². The Bertz CT molecular complexity index is 417. The zero-order valence-corrected chi connectivity index (χ0v) is 11.7. The van der Waals surface area contributed by atoms with E-state index < -0.39 is 0 Å². The summed E-state index contributed by atoms with van der Waals surface area (Å²) in [6.45, 7) is 6.38. The van der Waals surface area contributed by atoms with Gasteiger partial charge in [-0.1, -0.05) is 19.1 Å². The van der Waals surface area contributed by atoms with Crippen molar-refractivity contribution in [3.63, 3.8) is 0 Å². The first-order valence-electron chi connectivity index (χ1n) is 6.86. The molecule has 1 aromatic rings. The zero-order chi connectivity index (χ0) is 13.7. The molecule has 0 spiro atoms. The Hall–Kier alpha value is -1.39. The number of ether oxygens (including phenoxy) is 1. The minimum absolute atomic E-state index is 0.278. The van der Waals surface area contributed by atoms with Gasteiger partial charge in [-0.2, -0.15) is 0 Å². The third kappa shape index (κ3) is 3.78. The van der Waals surface area contributed by atoms with Gasteiger partial charge in [0.2, 0.25) is 0 Å². The van der Waals surface area contributed by atoms with Crippen molar-refractivity contribution in [3.05, 3.63) is 35.4 Å². The maximum atomic E-state index is 11.4. The van der Waals surface area contributed by atoms with Crippen molar-refractivity contribution in [2.75, 3.05) is 26.7 Å². The number of hydrogen-bond acceptors (Lipinski definition) is 4. The SMILES string of the molecule is CC[C@H]1CN(Cc2ccc(C(=O)OC)cc2)CCN1. The van der Waals surface area contributed by atoms with Crippen molar-refractivity contribution >= 4 is 5.97 Å². The van der Waals surface area contributed by atoms with Crippen LogP contribution in [0.25, 0.3) is 0 Å². The molecule has 0 aliphatic carbocycles. The summed E-state index contributed by atoms with van der Waals surface area (Å²) in [7, 11) is 1.40. The van der Waals surface area contributed by atoms with E-state index in [9.17, 15) is 4.79 Å². The van der Waals surface area contributed by atoms with Crippen molar-refractivity contribution < 1.29 is 9.53 Å². The molecule has 1 heterocycles. The lowest BCUT2D eigenvalue weighted by Crippen LogP contribution is -2.49. The van der Waals surface area contributed by atoms with E-state index in [1.54, 1.807) is 0 Å². The number of piperazine rings is 1. The van der Waals surface area contributed by atoms with Gasteiger partial charge < -0.3 is 10.1 Å². The van der Waals surface area contributed by atoms with Gasteiger partial charge in [0.15, 0.2) is 0 Å². The van der Waals surface area contributed by atoms with E-state index in [2.05, 4.69) is 17.1 Å². The molecule has 0 unspecified atom stereocenters. The van der Waals surface area contributed by atoms with Crippen molar-refractivity contribution in [1.29, 1.82) is 0 Å². The highest BCUT2D eigenvalue weighted by Gasteiger charge is 2.17. The molecular formula is C15H22N2O2. The van der Waals surface area contributed by atoms with Crippen LogP contribution in [0.2, 0.25) is 0 Å². The van der Waals surface area contributed by atoms with Gasteiger partial charge in [-0.3, -0.25) is 4.90 Å². The van der Waals surface area contributed by atoms with Crippen molar-refractivity contribution in [2.45, 2.75) is 25.9 Å². The summed E-state index contributed by atoms with van der Waals surface area (Å²) in [5, 5.41) is 3.51. The van der Waals surface area contributed by atoms with Crippen LogP contribution in [0.1, 0.15) is 29.3 Å². The molecule has 4 heteroatoms. The van der Waals surface area contributed by atoms with Gasteiger partial charge in [-0.05, 0) is 24.1 Å². The highest BCUT2D eigenvalue weighted by molar-refractivity contribution is 5.89. The summed E-state index contributed by atoms with van der Waals surface area (Å²) in [6, 6.07) is 8.29. The molecule has 0 aromatic heterocycles. The monoisotopic (exact) mass is 262 g/mol. The molecule has 1 fully saturated rings. The molecule has 0 radical (unpaired) electrons. The molecule has 19 heavy (non-hydrogen) atoms. The van der Waals surface area contributed by atoms with Gasteiger partial charge in [-0.15, -0.1) is 0 Å². The van der Waals surface area contributed by atoms with Crippen LogP contribution in [-0.2, 0) is 11.3 Å². The molecule has 1 aromatic carbocycles. The fourth-order valence-electron chi connectivity index (χ4n) is 2.43. The first kappa shape index (κ1) is 14.0. The van der Waals surface area contributed by atoms with Gasteiger partial charge in [0.1, 0.15) is 0 Å². The summed E-state index contributed by atoms with van der Waals surface area (Å²) < 4.78 is 4.70. The van der Waals surface area contributed by atoms with E-state index in [0.717, 1.165) is 32.6 Å². The first-order chi connectivity index (χ1) is 9.22. The highest BCUT2D eigenvalue weighted by Crippen LogP contribution is 2.11. The Morgan fingerprint density at radius 2 is 2.16 bits per heavy atom. The number of hydrogen-bond donors (Lipinski definition) is 1. The molecule has 1 saturated heterocycles. The smallest absolute Gasteiger partial charge is 0.337 e. The molecule has 1 aliphatic rings. The number of rotatable bonds is 4. The Kier molecular flexibility index (Phi) is 4.93. The third-order valence-corrected chi connectivity index (χ3v) is 3.61. The topological polar surface area (TPSA) is 41.6 Å². The molecule has 1 N–H and O–H groups in total. The lowest BCUT2D eigenvalue weighted by molar-refractivity contribution is 0.0600. The fourth-order valence-corrected chi connectivity index (χ4v) is 2.43. The van der Waals surface area contributed by atoms with E-state index in [1.165, 1.54) is 12.7 Å². The average molecular weight is 262 g/mol. The van der Waals surface area contributed by atoms with Crippen molar-refractivity contribution in [1.82, 2.24) is 10.2 Å². The molecule has 0 saturated carbocycles. The van der Waals surface area contributed by atoms with Gasteiger partial charge >= 0.3 is 5.97 Å². The second-order valence-corrected chi connectivity index (χ2v) is 4.98. The van der Waals surface area contributed by atoms with Gasteiger partial charge in [0, 0.05) is 32.2 Å². The first-order valence-corrected chi connectivity index (χ1v) is 6.86. The summed E-state index contributed by atoms with van der Waals surface area (Å²) in [5.74, 6) is -0.278. The van der Waals surface area contributed by atoms with E-state index in [4.69, 9.17) is 4.74 Å². The summed E-state index contributed by atoms with van der Waals surface area (Å²) in [5.41, 5.74) is 1.85. The van der Waals surface area contributed by atoms with Gasteiger partial charge in [-0.25, -0.2) is 4.79 Å². The van der Waals surface area contributed by atoms with Gasteiger partial charge in [0.05, 0.1) is 12.7 Å². The van der Waals surface area contributed by atoms with Crippen LogP contribution in [0.15, 0.2) is 24.3 Å². The summed E-state index contributed by atoms with van der Waals surface area (Å²) in [6.07, 6.45) is 1.16. The molecule has 1 aliphatic heterocycles. The van der Waals surface area contributed by atoms with E-state index >= 15 is 0 Å². The standard InChI is InChI=1S/C15H22N2O2/c1-3-14-11-17(9-8-16-14)10-12-4-6-13(7-5-12)15(18)19-2/h4-7,14,16H,3,8-11H2,1-2H3/t14-/m0/s1. The maximum absolute atomic E-state index is 11.4. The number of carbonyl (C=O) groups is 1. The Morgan fingerprint density at radius 3 is 2.79 bits per heavy atom. The number of nitrogens with one attached hydrogen (secondary N) is 1. The lowest BCUT2D eigenvalue weighted by Gasteiger charge is -2.33. The van der Waals surface area contributed by atoms with E-state index in [-0.39, 0.29) is 5.97 Å². The predicted octanol–water partition coefficient (Wildman–Crippen LogP) is 1.66. The Balaban J connectivity index is 1.94. The van der Waals surface area contributed by atoms with Crippen LogP contribution in [0.5, 0.6) is 0 Å². The highest BCUT2D eigenvalue weighted by atomic mass is 16.5. The number of benzene rings is 1. The minimum Gasteiger partial charge on any atom is -0.465 e. The quantitative estimate of drug-likeness (QED) is 0.838. The van der Waals surface area contributed by atoms with Crippen LogP contribution >= 0.6 is 0 Å². The summed E-state index contributed by atoms with van der Waals surface area (Å²) in [4.78, 5) is 13.8. The molecule has 104 valence electrons. The van der Waals surface area contributed by atoms with Crippen molar-refractivity contribution in [2.24, 2.45) is 0 Å². The van der Waals surface area contributed by atoms with Crippen molar-refractivity contribution in [3.8, 4) is 0 Å². The largest absolute Gasteiger partial charge is 0.465 e. The van der Waals surface area contributed by atoms with Crippen LogP contribution in [-0.4, -0.2) is 43.7 Å². The second kappa shape index (κ2) is 6.68. The number of carbonyl (C=O) groups excluding carboxylic acids is 1. The molecular weight excluding hydrogens is 240 g/mol. The third-order valence-electron chi connectivity index (χ3n) is 3.61. The number of methoxy groups -OCH3 is 1. The molecule has 1 atom stereocenters. The Morgan fingerprint density at radius 1 is 1.42 bits per heavy atom. The Labute approximate surface area is 114 Å². The molecule has 4 nitrogen and oxygen atoms in total. The number of esters is 1. The van der Waals surface area contributed by atoms with Gasteiger partial charge in [0.25, 0.3) is 0 Å². The normalized spacial score (nSPS) is 20.2. The average Bonchev–Trinajstić information content (AvgIpc) is 2.47. The lowest BCUT2D eigenvalue weighted by atomic mass is 10.1. The molecule has 2 rings (SSSR count). The second-order valence-electron chi connectivity index (χ2n) is 4.98. The van der Waals surface area contributed by atoms with E-state index in [0.29, 0.717) is 11.6 Å². The maximum Gasteiger partial charge on any atom is 0.337 e. The molecule has 0 amide bonds. The number of nitrogens with zero attached hydrogens (tertiary/aromatic N) is 1.